The van der Waals surface area contributed by atoms with Gasteiger partial charge < -0.3 is 4.74 Å². The van der Waals surface area contributed by atoms with Crippen LogP contribution >= 0.6 is 0 Å². The Morgan fingerprint density at radius 1 is 0.879 bits per heavy atom. The third-order valence-electron chi connectivity index (χ3n) is 4.60. The smallest absolute Gasteiger partial charge is 0.404 e. The molecular formula is C23H20F3NO4S2. The molecule has 3 aromatic rings. The summed E-state index contributed by atoms with van der Waals surface area (Å²) in [6, 6.07) is 20.8. The molecule has 33 heavy (non-hydrogen) atoms. The first-order valence-electron chi connectivity index (χ1n) is 9.62. The minimum absolute atomic E-state index is 0.130. The van der Waals surface area contributed by atoms with Crippen molar-refractivity contribution in [3.63, 3.8) is 0 Å². The number of alkyl halides is 3. The number of allylic oxidation sites excluding steroid dienone is 1. The lowest BCUT2D eigenvalue weighted by atomic mass is 10.0. The van der Waals surface area contributed by atoms with Gasteiger partial charge in [0.05, 0.1) is 9.73 Å². The van der Waals surface area contributed by atoms with Crippen molar-refractivity contribution >= 4 is 19.8 Å². The first kappa shape index (κ1) is 24.5. The van der Waals surface area contributed by atoms with Crippen LogP contribution in [0.4, 0.5) is 13.2 Å². The van der Waals surface area contributed by atoms with Gasteiger partial charge in [-0.15, -0.1) is 23.5 Å². The molecular weight excluding hydrogens is 475 g/mol. The van der Waals surface area contributed by atoms with E-state index in [2.05, 4.69) is 15.1 Å². The Morgan fingerprint density at radius 2 is 1.42 bits per heavy atom. The minimum atomic E-state index is -5.12. The van der Waals surface area contributed by atoms with E-state index in [1.807, 2.05) is 0 Å². The number of halogens is 3. The molecule has 2 atom stereocenters. The van der Waals surface area contributed by atoms with Gasteiger partial charge in [-0.2, -0.15) is 8.42 Å². The van der Waals surface area contributed by atoms with Gasteiger partial charge in [0.1, 0.15) is 10.6 Å². The number of ether oxygens (including phenoxy) is 1. The summed E-state index contributed by atoms with van der Waals surface area (Å²) in [6.07, 6.45) is -3.59. The second-order valence-corrected chi connectivity index (χ2v) is 11.0. The van der Waals surface area contributed by atoms with Gasteiger partial charge in [0.15, 0.2) is 0 Å². The molecule has 0 aromatic heterocycles. The highest BCUT2D eigenvalue weighted by atomic mass is 32.3. The van der Waals surface area contributed by atoms with Crippen LogP contribution in [-0.4, -0.2) is 24.7 Å². The molecule has 0 aliphatic rings. The van der Waals surface area contributed by atoms with Crippen molar-refractivity contribution < 1.29 is 30.5 Å². The monoisotopic (exact) mass is 495 g/mol. The highest BCUT2D eigenvalue weighted by molar-refractivity contribution is 8.03. The van der Waals surface area contributed by atoms with E-state index in [0.717, 1.165) is 17.7 Å². The van der Waals surface area contributed by atoms with Gasteiger partial charge in [-0.1, -0.05) is 66.7 Å². The lowest BCUT2D eigenvalue weighted by Gasteiger charge is -2.18. The van der Waals surface area contributed by atoms with Crippen LogP contribution in [0.25, 0.3) is 0 Å². The standard InChI is InChI=1S/C23H20F3NO4S2/c1-2-18(19-11-5-3-6-12-19)17-32(28,20-13-7-4-8-14-20)27-33(29,30)22-16-10-9-15-21(22)31-23(24,25)26/h2-16,18H,1,17H2/t18-,32?/m0/s1. The second-order valence-electron chi connectivity index (χ2n) is 6.92. The Bertz CT molecular complexity index is 1330. The number of sulfonamides is 1. The van der Waals surface area contributed by atoms with Gasteiger partial charge >= 0.3 is 6.36 Å². The molecule has 174 valence electrons. The van der Waals surface area contributed by atoms with Gasteiger partial charge in [0.25, 0.3) is 10.0 Å². The summed E-state index contributed by atoms with van der Waals surface area (Å²) in [4.78, 5) is -0.702. The molecule has 5 nitrogen and oxygen atoms in total. The molecule has 0 saturated heterocycles. The lowest BCUT2D eigenvalue weighted by molar-refractivity contribution is -0.275. The van der Waals surface area contributed by atoms with Crippen molar-refractivity contribution in [3.8, 4) is 5.75 Å². The Morgan fingerprint density at radius 3 is 2.00 bits per heavy atom. The van der Waals surface area contributed by atoms with E-state index in [1.54, 1.807) is 48.5 Å². The fourth-order valence-electron chi connectivity index (χ4n) is 3.12. The number of para-hydroxylation sites is 1. The fourth-order valence-corrected chi connectivity index (χ4v) is 7.50. The van der Waals surface area contributed by atoms with Crippen molar-refractivity contribution in [2.24, 2.45) is 3.77 Å². The lowest BCUT2D eigenvalue weighted by Crippen LogP contribution is -2.19. The molecule has 0 saturated carbocycles. The van der Waals surface area contributed by atoms with Crippen molar-refractivity contribution in [2.45, 2.75) is 22.1 Å². The molecule has 0 aliphatic carbocycles. The summed E-state index contributed by atoms with van der Waals surface area (Å²) in [5.41, 5.74) is 0.740. The van der Waals surface area contributed by atoms with E-state index in [4.69, 9.17) is 0 Å². The Labute approximate surface area is 190 Å². The third-order valence-corrected chi connectivity index (χ3v) is 9.06. The van der Waals surface area contributed by atoms with Crippen LogP contribution in [0, 0.1) is 0 Å². The normalized spacial score (nSPS) is 14.6. The molecule has 1 unspecified atom stereocenters. The zero-order chi connectivity index (χ0) is 24.1. The molecule has 0 N–H and O–H groups in total. The maximum atomic E-state index is 14.1. The van der Waals surface area contributed by atoms with Gasteiger partial charge in [-0.25, -0.2) is 4.21 Å². The SMILES string of the molecule is C=C[C@@H](CS(=O)(=NS(=O)(=O)c1ccccc1OC(F)(F)F)c1ccccc1)c1ccccc1. The average molecular weight is 496 g/mol. The maximum Gasteiger partial charge on any atom is 0.573 e. The summed E-state index contributed by atoms with van der Waals surface area (Å²) in [5, 5.41) is 0. The summed E-state index contributed by atoms with van der Waals surface area (Å²) >= 11 is 0. The molecule has 0 aliphatic heterocycles. The van der Waals surface area contributed by atoms with E-state index in [9.17, 15) is 25.8 Å². The summed E-state index contributed by atoms with van der Waals surface area (Å²) in [5.74, 6) is -1.72. The third kappa shape index (κ3) is 6.23. The molecule has 0 fully saturated rings. The highest BCUT2D eigenvalue weighted by Gasteiger charge is 2.34. The van der Waals surface area contributed by atoms with E-state index < -0.39 is 42.7 Å². The van der Waals surface area contributed by atoms with Crippen LogP contribution in [0.15, 0.2) is 111 Å². The van der Waals surface area contributed by atoms with Gasteiger partial charge in [0.2, 0.25) is 0 Å². The molecule has 3 aromatic carbocycles. The quantitative estimate of drug-likeness (QED) is 0.372. The number of hydrogen-bond acceptors (Lipinski definition) is 4. The molecule has 3 rings (SSSR count). The summed E-state index contributed by atoms with van der Waals surface area (Å²) in [7, 11) is -8.48. The zero-order valence-corrected chi connectivity index (χ0v) is 18.8. The molecule has 0 bridgehead atoms. The number of rotatable bonds is 8. The van der Waals surface area contributed by atoms with Gasteiger partial charge in [-0.3, -0.25) is 0 Å². The van der Waals surface area contributed by atoms with E-state index in [1.165, 1.54) is 30.3 Å². The zero-order valence-electron chi connectivity index (χ0n) is 17.2. The predicted octanol–water partition coefficient (Wildman–Crippen LogP) is 5.77. The fraction of sp³-hybridized carbons (Fsp3) is 0.130. The van der Waals surface area contributed by atoms with Crippen molar-refractivity contribution in [2.75, 3.05) is 5.75 Å². The predicted molar refractivity (Wildman–Crippen MR) is 120 cm³/mol. The second kappa shape index (κ2) is 9.80. The van der Waals surface area contributed by atoms with E-state index in [-0.39, 0.29) is 10.6 Å². The van der Waals surface area contributed by atoms with Crippen LogP contribution in [-0.2, 0) is 19.8 Å². The summed E-state index contributed by atoms with van der Waals surface area (Å²) < 4.78 is 86.2. The first-order chi connectivity index (χ1) is 15.5. The van der Waals surface area contributed by atoms with Crippen LogP contribution in [0.2, 0.25) is 0 Å². The molecule has 10 heteroatoms. The summed E-state index contributed by atoms with van der Waals surface area (Å²) in [6.45, 7) is 3.76. The largest absolute Gasteiger partial charge is 0.573 e. The Kier molecular flexibility index (Phi) is 7.28. The van der Waals surface area contributed by atoms with Crippen LogP contribution < -0.4 is 4.74 Å². The molecule has 0 amide bonds. The molecule has 0 spiro atoms. The van der Waals surface area contributed by atoms with E-state index >= 15 is 0 Å². The van der Waals surface area contributed by atoms with Gasteiger partial charge in [-0.05, 0) is 29.8 Å². The number of nitrogens with zero attached hydrogens (tertiary/aromatic N) is 1. The molecule has 0 radical (unpaired) electrons. The van der Waals surface area contributed by atoms with E-state index in [0.29, 0.717) is 0 Å². The number of benzene rings is 3. The topological polar surface area (TPSA) is 72.8 Å². The number of hydrogen-bond donors (Lipinski definition) is 0. The van der Waals surface area contributed by atoms with Crippen molar-refractivity contribution in [1.82, 2.24) is 0 Å². The molecule has 0 heterocycles. The van der Waals surface area contributed by atoms with Crippen molar-refractivity contribution in [3.05, 3.63) is 103 Å². The average Bonchev–Trinajstić information content (AvgIpc) is 2.77. The van der Waals surface area contributed by atoms with Crippen molar-refractivity contribution in [1.29, 1.82) is 0 Å². The maximum absolute atomic E-state index is 14.1. The van der Waals surface area contributed by atoms with Crippen LogP contribution in [0.1, 0.15) is 11.5 Å². The van der Waals surface area contributed by atoms with Crippen LogP contribution in [0.3, 0.4) is 0 Å². The van der Waals surface area contributed by atoms with Crippen LogP contribution in [0.5, 0.6) is 5.75 Å². The highest BCUT2D eigenvalue weighted by Crippen LogP contribution is 2.33. The minimum Gasteiger partial charge on any atom is -0.404 e. The Balaban J connectivity index is 2.17. The first-order valence-corrected chi connectivity index (χ1v) is 12.7. The van der Waals surface area contributed by atoms with Gasteiger partial charge in [0, 0.05) is 16.6 Å². The Hall–Kier alpha value is -3.11.